The summed E-state index contributed by atoms with van der Waals surface area (Å²) in [5.74, 6) is -0.0794. The molecule has 0 aliphatic heterocycles. The van der Waals surface area contributed by atoms with Crippen molar-refractivity contribution in [2.75, 3.05) is 0 Å². The number of benzene rings is 1. The number of carbonyl (C=O) groups is 1. The van der Waals surface area contributed by atoms with Crippen LogP contribution in [0, 0.1) is 6.92 Å². The molecule has 0 spiro atoms. The maximum absolute atomic E-state index is 12.3. The average molecular weight is 362 g/mol. The number of halogens is 3. The third kappa shape index (κ3) is 2.86. The summed E-state index contributed by atoms with van der Waals surface area (Å²) >= 11 is 15.5. The summed E-state index contributed by atoms with van der Waals surface area (Å²) in [7, 11) is 1.75. The van der Waals surface area contributed by atoms with E-state index < -0.39 is 0 Å². The fourth-order valence-corrected chi connectivity index (χ4v) is 2.69. The van der Waals surface area contributed by atoms with Gasteiger partial charge in [0.05, 0.1) is 10.7 Å². The van der Waals surface area contributed by atoms with E-state index in [1.807, 2.05) is 6.92 Å². The molecule has 1 heterocycles. The zero-order valence-corrected chi connectivity index (χ0v) is 13.5. The van der Waals surface area contributed by atoms with Crippen LogP contribution in [0.5, 0.6) is 0 Å². The SMILES string of the molecule is Cc1nn(C)c(Cl)c1CC(=O)c1cccc(Br)c1Cl. The highest BCUT2D eigenvalue weighted by molar-refractivity contribution is 9.10. The van der Waals surface area contributed by atoms with Crippen LogP contribution >= 0.6 is 39.1 Å². The lowest BCUT2D eigenvalue weighted by atomic mass is 10.0. The Balaban J connectivity index is 2.34. The Kier molecular flexibility index (Phi) is 4.33. The predicted molar refractivity (Wildman–Crippen MR) is 80.1 cm³/mol. The topological polar surface area (TPSA) is 34.9 Å². The van der Waals surface area contributed by atoms with E-state index in [1.54, 1.807) is 29.9 Å². The number of hydrogen-bond acceptors (Lipinski definition) is 2. The smallest absolute Gasteiger partial charge is 0.168 e. The summed E-state index contributed by atoms with van der Waals surface area (Å²) in [6.45, 7) is 1.83. The van der Waals surface area contributed by atoms with Crippen LogP contribution in [0.1, 0.15) is 21.6 Å². The fraction of sp³-hybridized carbons (Fsp3) is 0.231. The minimum atomic E-state index is -0.0794. The molecule has 100 valence electrons. The van der Waals surface area contributed by atoms with Gasteiger partial charge < -0.3 is 0 Å². The summed E-state index contributed by atoms with van der Waals surface area (Å²) in [4.78, 5) is 12.3. The van der Waals surface area contributed by atoms with E-state index >= 15 is 0 Å². The first-order valence-electron chi connectivity index (χ1n) is 5.57. The molecule has 0 amide bonds. The summed E-state index contributed by atoms with van der Waals surface area (Å²) in [5.41, 5.74) is 1.98. The van der Waals surface area contributed by atoms with Crippen LogP contribution in [0.3, 0.4) is 0 Å². The number of nitrogens with zero attached hydrogens (tertiary/aromatic N) is 2. The largest absolute Gasteiger partial charge is 0.294 e. The molecule has 0 aliphatic carbocycles. The molecule has 0 saturated heterocycles. The first-order valence-corrected chi connectivity index (χ1v) is 7.12. The van der Waals surface area contributed by atoms with Gasteiger partial charge >= 0.3 is 0 Å². The number of aromatic nitrogens is 2. The van der Waals surface area contributed by atoms with Gasteiger partial charge in [-0.25, -0.2) is 0 Å². The van der Waals surface area contributed by atoms with E-state index in [4.69, 9.17) is 23.2 Å². The Morgan fingerprint density at radius 1 is 1.42 bits per heavy atom. The van der Waals surface area contributed by atoms with Crippen LogP contribution in [-0.2, 0) is 13.5 Å². The summed E-state index contributed by atoms with van der Waals surface area (Å²) in [5, 5.41) is 5.09. The molecule has 19 heavy (non-hydrogen) atoms. The lowest BCUT2D eigenvalue weighted by molar-refractivity contribution is 0.0993. The molecule has 0 aliphatic rings. The standard InChI is InChI=1S/C13H11BrCl2N2O/c1-7-9(13(16)18(2)17-7)6-11(19)8-4-3-5-10(14)12(8)15/h3-5H,6H2,1-2H3. The first kappa shape index (κ1) is 14.6. The molecule has 3 nitrogen and oxygen atoms in total. The number of Topliss-reactive ketones (excluding diaryl/α,β-unsaturated/α-hetero) is 1. The van der Waals surface area contributed by atoms with Crippen LogP contribution in [-0.4, -0.2) is 15.6 Å². The molecular formula is C13H11BrCl2N2O. The average Bonchev–Trinajstić information content (AvgIpc) is 2.59. The lowest BCUT2D eigenvalue weighted by Gasteiger charge is -2.05. The van der Waals surface area contributed by atoms with Crippen molar-refractivity contribution < 1.29 is 4.79 Å². The maximum Gasteiger partial charge on any atom is 0.168 e. The normalized spacial score (nSPS) is 10.8. The van der Waals surface area contributed by atoms with E-state index in [-0.39, 0.29) is 12.2 Å². The molecule has 0 atom stereocenters. The Hall–Kier alpha value is -0.840. The van der Waals surface area contributed by atoms with Gasteiger partial charge in [0.15, 0.2) is 5.78 Å². The highest BCUT2D eigenvalue weighted by Crippen LogP contribution is 2.28. The van der Waals surface area contributed by atoms with Crippen molar-refractivity contribution in [1.29, 1.82) is 0 Å². The highest BCUT2D eigenvalue weighted by Gasteiger charge is 2.18. The Morgan fingerprint density at radius 2 is 2.11 bits per heavy atom. The van der Waals surface area contributed by atoms with E-state index in [1.165, 1.54) is 0 Å². The fourth-order valence-electron chi connectivity index (χ4n) is 1.85. The number of ketones is 1. The Morgan fingerprint density at radius 3 is 2.68 bits per heavy atom. The van der Waals surface area contributed by atoms with Gasteiger partial charge in [0.25, 0.3) is 0 Å². The summed E-state index contributed by atoms with van der Waals surface area (Å²) in [6.07, 6.45) is 0.189. The summed E-state index contributed by atoms with van der Waals surface area (Å²) in [6, 6.07) is 5.28. The van der Waals surface area contributed by atoms with Crippen molar-refractivity contribution in [3.63, 3.8) is 0 Å². The van der Waals surface area contributed by atoms with Crippen molar-refractivity contribution in [2.45, 2.75) is 13.3 Å². The van der Waals surface area contributed by atoms with Gasteiger partial charge in [0.1, 0.15) is 5.15 Å². The van der Waals surface area contributed by atoms with Crippen LogP contribution < -0.4 is 0 Å². The molecule has 1 aromatic carbocycles. The molecule has 1 aromatic heterocycles. The summed E-state index contributed by atoms with van der Waals surface area (Å²) < 4.78 is 2.26. The Bertz CT molecular complexity index is 652. The van der Waals surface area contributed by atoms with Gasteiger partial charge in [0, 0.05) is 29.1 Å². The van der Waals surface area contributed by atoms with E-state index in [9.17, 15) is 4.79 Å². The highest BCUT2D eigenvalue weighted by atomic mass is 79.9. The predicted octanol–water partition coefficient (Wildman–Crippen LogP) is 4.22. The molecule has 0 unspecified atom stereocenters. The van der Waals surface area contributed by atoms with E-state index in [0.29, 0.717) is 20.2 Å². The second-order valence-corrected chi connectivity index (χ2v) is 5.77. The second-order valence-electron chi connectivity index (χ2n) is 4.18. The van der Waals surface area contributed by atoms with Crippen molar-refractivity contribution in [1.82, 2.24) is 9.78 Å². The third-order valence-electron chi connectivity index (χ3n) is 2.86. The van der Waals surface area contributed by atoms with E-state index in [2.05, 4.69) is 21.0 Å². The van der Waals surface area contributed by atoms with E-state index in [0.717, 1.165) is 11.3 Å². The van der Waals surface area contributed by atoms with Gasteiger partial charge in [0.2, 0.25) is 0 Å². The zero-order valence-electron chi connectivity index (χ0n) is 10.4. The molecule has 0 N–H and O–H groups in total. The molecule has 2 rings (SSSR count). The van der Waals surface area contributed by atoms with Crippen LogP contribution in [0.4, 0.5) is 0 Å². The molecule has 0 saturated carbocycles. The van der Waals surface area contributed by atoms with Crippen molar-refractivity contribution in [3.05, 3.63) is 49.7 Å². The second kappa shape index (κ2) is 5.65. The molecule has 0 bridgehead atoms. The van der Waals surface area contributed by atoms with Crippen LogP contribution in [0.25, 0.3) is 0 Å². The lowest BCUT2D eigenvalue weighted by Crippen LogP contribution is -2.05. The van der Waals surface area contributed by atoms with Crippen molar-refractivity contribution in [2.24, 2.45) is 7.05 Å². The quantitative estimate of drug-likeness (QED) is 0.767. The number of rotatable bonds is 3. The Labute approximate surface area is 129 Å². The first-order chi connectivity index (χ1) is 8.91. The van der Waals surface area contributed by atoms with Crippen molar-refractivity contribution >= 4 is 44.9 Å². The molecule has 2 aromatic rings. The van der Waals surface area contributed by atoms with Gasteiger partial charge in [-0.3, -0.25) is 9.48 Å². The minimum Gasteiger partial charge on any atom is -0.294 e. The zero-order chi connectivity index (χ0) is 14.2. The molecule has 0 fully saturated rings. The van der Waals surface area contributed by atoms with Gasteiger partial charge in [-0.1, -0.05) is 29.3 Å². The molecule has 6 heteroatoms. The van der Waals surface area contributed by atoms with Gasteiger partial charge in [-0.15, -0.1) is 0 Å². The van der Waals surface area contributed by atoms with Gasteiger partial charge in [-0.2, -0.15) is 5.10 Å². The number of hydrogen-bond donors (Lipinski definition) is 0. The number of carbonyl (C=O) groups excluding carboxylic acids is 1. The molecular weight excluding hydrogens is 351 g/mol. The van der Waals surface area contributed by atoms with Crippen LogP contribution in [0.2, 0.25) is 10.2 Å². The van der Waals surface area contributed by atoms with Crippen LogP contribution in [0.15, 0.2) is 22.7 Å². The maximum atomic E-state index is 12.3. The van der Waals surface area contributed by atoms with Gasteiger partial charge in [-0.05, 0) is 35.0 Å². The minimum absolute atomic E-state index is 0.0794. The monoisotopic (exact) mass is 360 g/mol. The molecule has 0 radical (unpaired) electrons. The third-order valence-corrected chi connectivity index (χ3v) is 4.63. The van der Waals surface area contributed by atoms with Crippen molar-refractivity contribution in [3.8, 4) is 0 Å². The number of aryl methyl sites for hydroxylation is 2.